The maximum atomic E-state index is 15.2. The molecule has 0 unspecified atom stereocenters. The molecule has 0 bridgehead atoms. The van der Waals surface area contributed by atoms with Crippen LogP contribution in [0.15, 0.2) is 152 Å². The summed E-state index contributed by atoms with van der Waals surface area (Å²) < 4.78 is 49.2. The summed E-state index contributed by atoms with van der Waals surface area (Å²) in [6.07, 6.45) is -4.88. The van der Waals surface area contributed by atoms with Crippen LogP contribution in [-0.4, -0.2) is 9.13 Å². The number of nitriles is 3. The number of benzene rings is 8. The molecule has 0 atom stereocenters. The van der Waals surface area contributed by atoms with Gasteiger partial charge < -0.3 is 9.13 Å². The van der Waals surface area contributed by atoms with Crippen LogP contribution in [0.3, 0.4) is 0 Å². The van der Waals surface area contributed by atoms with Crippen LogP contribution in [0.4, 0.5) is 30.2 Å². The Balaban J connectivity index is 1.32. The van der Waals surface area contributed by atoms with Gasteiger partial charge in [-0.2, -0.15) is 29.0 Å². The van der Waals surface area contributed by atoms with E-state index in [1.165, 1.54) is 24.3 Å². The fourth-order valence-corrected chi connectivity index (χ4v) is 9.09. The average molecular weight is 855 g/mol. The van der Waals surface area contributed by atoms with Crippen LogP contribution in [0.25, 0.3) is 103 Å². The van der Waals surface area contributed by atoms with E-state index >= 15 is 13.2 Å². The molecule has 0 amide bonds. The molecule has 0 saturated carbocycles. The van der Waals surface area contributed by atoms with Crippen molar-refractivity contribution in [2.24, 2.45) is 0 Å². The summed E-state index contributed by atoms with van der Waals surface area (Å²) in [4.78, 5) is 10.7. The zero-order valence-corrected chi connectivity index (χ0v) is 34.1. The summed E-state index contributed by atoms with van der Waals surface area (Å²) in [7, 11) is 0. The number of nitrogens with zero attached hydrogens (tertiary/aromatic N) is 8. The van der Waals surface area contributed by atoms with E-state index in [9.17, 15) is 15.8 Å². The molecule has 10 aromatic rings. The van der Waals surface area contributed by atoms with Crippen LogP contribution in [-0.2, 0) is 6.18 Å². The second-order valence-corrected chi connectivity index (χ2v) is 15.4. The largest absolute Gasteiger partial charge is 0.417 e. The molecule has 10 rings (SSSR count). The summed E-state index contributed by atoms with van der Waals surface area (Å²) >= 11 is 0. The maximum absolute atomic E-state index is 15.2. The van der Waals surface area contributed by atoms with Gasteiger partial charge in [0.15, 0.2) is 17.1 Å². The molecule has 0 aliphatic heterocycles. The van der Waals surface area contributed by atoms with Gasteiger partial charge in [0.1, 0.15) is 11.6 Å². The van der Waals surface area contributed by atoms with E-state index in [2.05, 4.69) is 26.7 Å². The van der Waals surface area contributed by atoms with Gasteiger partial charge in [-0.25, -0.2) is 14.5 Å². The molecule has 0 N–H and O–H groups in total. The Labute approximate surface area is 374 Å². The molecule has 66 heavy (non-hydrogen) atoms. The fraction of sp³-hybridized carbons (Fsp3) is 0.0182. The zero-order chi connectivity index (χ0) is 45.9. The predicted octanol–water partition coefficient (Wildman–Crippen LogP) is 15.2. The molecule has 0 radical (unpaired) electrons. The molecule has 0 aliphatic carbocycles. The van der Waals surface area contributed by atoms with Gasteiger partial charge in [0.25, 0.3) is 0 Å². The van der Waals surface area contributed by atoms with E-state index in [4.69, 9.17) is 19.7 Å². The molecule has 8 nitrogen and oxygen atoms in total. The van der Waals surface area contributed by atoms with Crippen molar-refractivity contribution in [3.8, 4) is 63.0 Å². The number of alkyl halides is 3. The normalized spacial score (nSPS) is 11.2. The molecule has 0 fully saturated rings. The van der Waals surface area contributed by atoms with Crippen molar-refractivity contribution >= 4 is 60.7 Å². The lowest BCUT2D eigenvalue weighted by molar-refractivity contribution is -0.137. The highest BCUT2D eigenvalue weighted by molar-refractivity contribution is 6.13. The fourth-order valence-electron chi connectivity index (χ4n) is 9.09. The lowest BCUT2D eigenvalue weighted by Crippen LogP contribution is -2.11. The smallest absolute Gasteiger partial charge is 0.308 e. The summed E-state index contributed by atoms with van der Waals surface area (Å²) in [6.45, 7) is 22.9. The highest BCUT2D eigenvalue weighted by Crippen LogP contribution is 2.47. The van der Waals surface area contributed by atoms with E-state index in [0.29, 0.717) is 72.5 Å². The third-order valence-electron chi connectivity index (χ3n) is 11.8. The number of halogens is 3. The molecule has 306 valence electrons. The molecular weight excluding hydrogens is 830 g/mol. The minimum Gasteiger partial charge on any atom is -0.308 e. The lowest BCUT2D eigenvalue weighted by atomic mass is 9.90. The van der Waals surface area contributed by atoms with Crippen LogP contribution in [0, 0.1) is 53.7 Å². The molecule has 2 aromatic heterocycles. The molecular formula is C55H25F3N8. The van der Waals surface area contributed by atoms with Gasteiger partial charge in [-0.3, -0.25) is 0 Å². The number of rotatable bonds is 5. The summed E-state index contributed by atoms with van der Waals surface area (Å²) in [5, 5.41) is 34.7. The van der Waals surface area contributed by atoms with Gasteiger partial charge >= 0.3 is 6.18 Å². The Morgan fingerprint density at radius 3 is 1.58 bits per heavy atom. The molecule has 0 spiro atoms. The number of aromatic nitrogens is 2. The predicted molar refractivity (Wildman–Crippen MR) is 249 cm³/mol. The van der Waals surface area contributed by atoms with Crippen molar-refractivity contribution in [2.75, 3.05) is 0 Å². The van der Waals surface area contributed by atoms with Crippen LogP contribution in [0.5, 0.6) is 0 Å². The Hall–Kier alpha value is -9.91. The summed E-state index contributed by atoms with van der Waals surface area (Å²) in [5.74, 6) is 0. The molecule has 2 heterocycles. The second-order valence-electron chi connectivity index (χ2n) is 15.4. The minimum absolute atomic E-state index is 0.00834. The number of fused-ring (bicyclic) bond motifs is 6. The van der Waals surface area contributed by atoms with E-state index in [1.807, 2.05) is 89.5 Å². The molecule has 8 aromatic carbocycles. The van der Waals surface area contributed by atoms with Gasteiger partial charge in [0.05, 0.1) is 76.4 Å². The van der Waals surface area contributed by atoms with E-state index < -0.39 is 11.7 Å². The van der Waals surface area contributed by atoms with Gasteiger partial charge in [-0.15, -0.1) is 0 Å². The van der Waals surface area contributed by atoms with Gasteiger partial charge in [0, 0.05) is 38.2 Å². The van der Waals surface area contributed by atoms with Crippen LogP contribution < -0.4 is 0 Å². The second kappa shape index (κ2) is 15.5. The van der Waals surface area contributed by atoms with Gasteiger partial charge in [-0.1, -0.05) is 78.9 Å². The first-order valence-electron chi connectivity index (χ1n) is 20.2. The summed E-state index contributed by atoms with van der Waals surface area (Å²) in [6, 6.07) is 49.2. The molecule has 11 heteroatoms. The summed E-state index contributed by atoms with van der Waals surface area (Å²) in [5.41, 5.74) is 5.36. The Bertz CT molecular complexity index is 3950. The van der Waals surface area contributed by atoms with Crippen LogP contribution >= 0.6 is 0 Å². The first-order valence-corrected chi connectivity index (χ1v) is 20.2. The Morgan fingerprint density at radius 1 is 0.470 bits per heavy atom. The Kier molecular flexibility index (Phi) is 9.41. The van der Waals surface area contributed by atoms with Gasteiger partial charge in [-0.05, 0) is 95.1 Å². The average Bonchev–Trinajstić information content (AvgIpc) is 3.86. The lowest BCUT2D eigenvalue weighted by Gasteiger charge is -2.22. The van der Waals surface area contributed by atoms with E-state index in [0.717, 1.165) is 27.8 Å². The quantitative estimate of drug-likeness (QED) is 0.161. The van der Waals surface area contributed by atoms with Crippen LogP contribution in [0.2, 0.25) is 0 Å². The highest BCUT2D eigenvalue weighted by Gasteiger charge is 2.36. The third kappa shape index (κ3) is 6.34. The minimum atomic E-state index is -4.88. The third-order valence-corrected chi connectivity index (χ3v) is 11.8. The van der Waals surface area contributed by atoms with Crippen molar-refractivity contribution in [1.29, 1.82) is 15.8 Å². The van der Waals surface area contributed by atoms with Crippen molar-refractivity contribution in [2.45, 2.75) is 6.18 Å². The number of hydrogen-bond donors (Lipinski definition) is 0. The Morgan fingerprint density at radius 2 is 1.02 bits per heavy atom. The molecule has 0 aliphatic rings. The monoisotopic (exact) mass is 854 g/mol. The first-order chi connectivity index (χ1) is 32.1. The van der Waals surface area contributed by atoms with Gasteiger partial charge in [0.2, 0.25) is 0 Å². The zero-order valence-electron chi connectivity index (χ0n) is 34.1. The van der Waals surface area contributed by atoms with Crippen molar-refractivity contribution in [3.05, 3.63) is 208 Å². The SMILES string of the molecule is [C-]#[N+]c1cc(C#N)cc(-c2ccc3c(c2)c2ccccc2n3-c2ccc(-c3c(C#N)cccc3C(F)(F)F)c(-n3c4ccccc4c4cc(-c5cc([N+]#[C-])cc([N+]#[C-])c5)ccc43)c2C#N)c1. The highest BCUT2D eigenvalue weighted by atomic mass is 19.4. The standard InChI is InChI=1S/C55H25F3N8/c1-62-38-22-32(29-59)21-36(23-38)33-15-18-50-44(26-33)41-10-4-6-13-48(41)65(50)52-20-17-43(53-35(30-60)9-8-12-47(53)55(56,57)58)54(46(52)31-61)66-49-14-7-5-11-42(49)45-27-34(16-19-51(45)66)37-24-39(63-2)28-40(25-37)64-3/h4-28H. The van der Waals surface area contributed by atoms with Crippen molar-refractivity contribution in [3.63, 3.8) is 0 Å². The van der Waals surface area contributed by atoms with E-state index in [-0.39, 0.29) is 27.9 Å². The van der Waals surface area contributed by atoms with Crippen molar-refractivity contribution < 1.29 is 13.2 Å². The van der Waals surface area contributed by atoms with Crippen LogP contribution in [0.1, 0.15) is 22.3 Å². The maximum Gasteiger partial charge on any atom is 0.417 e. The number of para-hydroxylation sites is 2. The first kappa shape index (κ1) is 40.2. The topological polar surface area (TPSA) is 94.3 Å². The van der Waals surface area contributed by atoms with E-state index in [1.54, 1.807) is 47.0 Å². The van der Waals surface area contributed by atoms with Crippen molar-refractivity contribution in [1.82, 2.24) is 9.13 Å². The number of hydrogen-bond acceptors (Lipinski definition) is 3. The molecule has 0 saturated heterocycles.